The van der Waals surface area contributed by atoms with Crippen LogP contribution in [0, 0.1) is 11.3 Å². The molecular weight excluding hydrogens is 240 g/mol. The van der Waals surface area contributed by atoms with Crippen molar-refractivity contribution < 1.29 is 10.2 Å². The van der Waals surface area contributed by atoms with E-state index in [0.29, 0.717) is 12.0 Å². The Hall–Kier alpha value is -0.160. The first kappa shape index (κ1) is 16.9. The van der Waals surface area contributed by atoms with E-state index in [2.05, 4.69) is 38.0 Å². The molecule has 4 nitrogen and oxygen atoms in total. The normalized spacial score (nSPS) is 27.5. The number of piperidine rings is 1. The van der Waals surface area contributed by atoms with Gasteiger partial charge in [0.05, 0.1) is 6.10 Å². The van der Waals surface area contributed by atoms with Crippen LogP contribution in [0.5, 0.6) is 0 Å². The lowest BCUT2D eigenvalue weighted by Gasteiger charge is -2.38. The van der Waals surface area contributed by atoms with Crippen LogP contribution in [-0.2, 0) is 0 Å². The molecule has 0 saturated carbocycles. The third-order valence-electron chi connectivity index (χ3n) is 4.04. The Balaban J connectivity index is 2.41. The van der Waals surface area contributed by atoms with Crippen LogP contribution in [0.4, 0.5) is 0 Å². The monoisotopic (exact) mass is 272 g/mol. The van der Waals surface area contributed by atoms with Gasteiger partial charge in [-0.1, -0.05) is 20.8 Å². The van der Waals surface area contributed by atoms with Crippen LogP contribution in [0.25, 0.3) is 0 Å². The standard InChI is InChI=1S/C15H32N2O2/c1-15(2,3)14(19)9-12-8-13(11-17(4)10-12)16-6-5-7-18/h12-14,16,18-19H,5-11H2,1-4H3. The van der Waals surface area contributed by atoms with Crippen molar-refractivity contribution in [3.63, 3.8) is 0 Å². The van der Waals surface area contributed by atoms with Gasteiger partial charge in [0.2, 0.25) is 0 Å². The zero-order valence-electron chi connectivity index (χ0n) is 13.0. The number of likely N-dealkylation sites (N-methyl/N-ethyl adjacent to an activating group) is 1. The maximum absolute atomic E-state index is 10.3. The third-order valence-corrected chi connectivity index (χ3v) is 4.04. The van der Waals surface area contributed by atoms with Crippen LogP contribution in [0.2, 0.25) is 0 Å². The van der Waals surface area contributed by atoms with E-state index in [0.717, 1.165) is 38.9 Å². The molecule has 1 aliphatic heterocycles. The fourth-order valence-electron chi connectivity index (χ4n) is 2.82. The second-order valence-corrected chi connectivity index (χ2v) is 7.17. The van der Waals surface area contributed by atoms with Gasteiger partial charge in [0.15, 0.2) is 0 Å². The van der Waals surface area contributed by atoms with Gasteiger partial charge in [-0.05, 0) is 44.2 Å². The van der Waals surface area contributed by atoms with Gasteiger partial charge < -0.3 is 20.4 Å². The average Bonchev–Trinajstić information content (AvgIpc) is 2.27. The van der Waals surface area contributed by atoms with Crippen molar-refractivity contribution in [2.75, 3.05) is 33.3 Å². The fraction of sp³-hybridized carbons (Fsp3) is 1.00. The number of nitrogens with one attached hydrogen (secondary N) is 1. The molecule has 3 unspecified atom stereocenters. The summed E-state index contributed by atoms with van der Waals surface area (Å²) in [6.45, 7) is 9.56. The second-order valence-electron chi connectivity index (χ2n) is 7.17. The summed E-state index contributed by atoms with van der Waals surface area (Å²) in [5.74, 6) is 0.555. The van der Waals surface area contributed by atoms with Gasteiger partial charge in [0, 0.05) is 25.7 Å². The number of aliphatic hydroxyl groups excluding tert-OH is 2. The van der Waals surface area contributed by atoms with Gasteiger partial charge in [0.25, 0.3) is 0 Å². The first-order valence-electron chi connectivity index (χ1n) is 7.53. The zero-order chi connectivity index (χ0) is 14.5. The smallest absolute Gasteiger partial charge is 0.0591 e. The minimum Gasteiger partial charge on any atom is -0.396 e. The molecule has 1 heterocycles. The number of rotatable bonds is 6. The SMILES string of the molecule is CN1CC(CC(O)C(C)(C)C)CC(NCCCO)C1. The van der Waals surface area contributed by atoms with E-state index in [1.807, 2.05) is 0 Å². The molecule has 19 heavy (non-hydrogen) atoms. The van der Waals surface area contributed by atoms with Gasteiger partial charge in [-0.3, -0.25) is 0 Å². The van der Waals surface area contributed by atoms with Crippen LogP contribution in [0.15, 0.2) is 0 Å². The molecule has 1 rings (SSSR count). The van der Waals surface area contributed by atoms with E-state index in [1.54, 1.807) is 0 Å². The maximum atomic E-state index is 10.3. The van der Waals surface area contributed by atoms with Crippen molar-refractivity contribution in [1.82, 2.24) is 10.2 Å². The average molecular weight is 272 g/mol. The van der Waals surface area contributed by atoms with E-state index in [-0.39, 0.29) is 18.1 Å². The van der Waals surface area contributed by atoms with Gasteiger partial charge in [-0.15, -0.1) is 0 Å². The molecule has 114 valence electrons. The topological polar surface area (TPSA) is 55.7 Å². The van der Waals surface area contributed by atoms with Crippen molar-refractivity contribution in [3.05, 3.63) is 0 Å². The molecule has 0 aromatic rings. The lowest BCUT2D eigenvalue weighted by molar-refractivity contribution is 0.0253. The number of nitrogens with zero attached hydrogens (tertiary/aromatic N) is 1. The van der Waals surface area contributed by atoms with Gasteiger partial charge in [-0.25, -0.2) is 0 Å². The number of hydrogen-bond donors (Lipinski definition) is 3. The van der Waals surface area contributed by atoms with Crippen molar-refractivity contribution in [1.29, 1.82) is 0 Å². The molecule has 0 amide bonds. The Morgan fingerprint density at radius 3 is 2.58 bits per heavy atom. The third kappa shape index (κ3) is 6.21. The molecule has 0 radical (unpaired) electrons. The summed E-state index contributed by atoms with van der Waals surface area (Å²) in [4.78, 5) is 2.35. The summed E-state index contributed by atoms with van der Waals surface area (Å²) >= 11 is 0. The van der Waals surface area contributed by atoms with Crippen LogP contribution in [0.3, 0.4) is 0 Å². The molecule has 0 aliphatic carbocycles. The van der Waals surface area contributed by atoms with Gasteiger partial charge >= 0.3 is 0 Å². The predicted octanol–water partition coefficient (Wildman–Crippen LogP) is 1.08. The Morgan fingerprint density at radius 2 is 2.00 bits per heavy atom. The van der Waals surface area contributed by atoms with E-state index in [4.69, 9.17) is 5.11 Å². The van der Waals surface area contributed by atoms with E-state index in [9.17, 15) is 5.11 Å². The number of aliphatic hydroxyl groups is 2. The number of hydrogen-bond acceptors (Lipinski definition) is 4. The minimum absolute atomic E-state index is 0.0319. The highest BCUT2D eigenvalue weighted by Gasteiger charge is 2.30. The highest BCUT2D eigenvalue weighted by molar-refractivity contribution is 4.85. The van der Waals surface area contributed by atoms with Crippen molar-refractivity contribution in [2.24, 2.45) is 11.3 Å². The van der Waals surface area contributed by atoms with Gasteiger partial charge in [0.1, 0.15) is 0 Å². The van der Waals surface area contributed by atoms with Crippen LogP contribution in [0.1, 0.15) is 40.0 Å². The van der Waals surface area contributed by atoms with Crippen LogP contribution < -0.4 is 5.32 Å². The van der Waals surface area contributed by atoms with Crippen LogP contribution in [-0.4, -0.2) is 60.5 Å². The summed E-state index contributed by atoms with van der Waals surface area (Å²) < 4.78 is 0. The lowest BCUT2D eigenvalue weighted by atomic mass is 9.80. The summed E-state index contributed by atoms with van der Waals surface area (Å²) in [5.41, 5.74) is -0.0319. The summed E-state index contributed by atoms with van der Waals surface area (Å²) in [7, 11) is 2.15. The molecule has 0 bridgehead atoms. The van der Waals surface area contributed by atoms with E-state index >= 15 is 0 Å². The predicted molar refractivity (Wildman–Crippen MR) is 79.2 cm³/mol. The Kier molecular flexibility index (Phi) is 6.74. The van der Waals surface area contributed by atoms with Crippen molar-refractivity contribution in [2.45, 2.75) is 52.2 Å². The molecule has 3 N–H and O–H groups in total. The molecule has 1 saturated heterocycles. The lowest BCUT2D eigenvalue weighted by Crippen LogP contribution is -2.49. The second kappa shape index (κ2) is 7.58. The van der Waals surface area contributed by atoms with Gasteiger partial charge in [-0.2, -0.15) is 0 Å². The molecule has 1 aliphatic rings. The molecule has 0 spiro atoms. The number of likely N-dealkylation sites (tertiary alicyclic amines) is 1. The molecule has 0 aromatic carbocycles. The largest absolute Gasteiger partial charge is 0.396 e. The van der Waals surface area contributed by atoms with Crippen LogP contribution >= 0.6 is 0 Å². The fourth-order valence-corrected chi connectivity index (χ4v) is 2.82. The molecule has 1 fully saturated rings. The first-order valence-corrected chi connectivity index (χ1v) is 7.53. The molecule has 3 atom stereocenters. The zero-order valence-corrected chi connectivity index (χ0v) is 13.0. The van der Waals surface area contributed by atoms with Crippen molar-refractivity contribution >= 4 is 0 Å². The molecule has 4 heteroatoms. The molecular formula is C15H32N2O2. The summed E-state index contributed by atoms with van der Waals surface area (Å²) in [6, 6.07) is 0.488. The Bertz CT molecular complexity index is 253. The minimum atomic E-state index is -0.234. The Morgan fingerprint density at radius 1 is 1.32 bits per heavy atom. The highest BCUT2D eigenvalue weighted by Crippen LogP contribution is 2.28. The first-order chi connectivity index (χ1) is 8.82. The highest BCUT2D eigenvalue weighted by atomic mass is 16.3. The quantitative estimate of drug-likeness (QED) is 0.633. The maximum Gasteiger partial charge on any atom is 0.0591 e. The van der Waals surface area contributed by atoms with E-state index in [1.165, 1.54) is 0 Å². The Labute approximate surface area is 118 Å². The summed E-state index contributed by atoms with van der Waals surface area (Å²) in [5, 5.41) is 22.6. The summed E-state index contributed by atoms with van der Waals surface area (Å²) in [6.07, 6.45) is 2.59. The molecule has 0 aromatic heterocycles. The van der Waals surface area contributed by atoms with Crippen molar-refractivity contribution in [3.8, 4) is 0 Å². The van der Waals surface area contributed by atoms with E-state index < -0.39 is 0 Å².